The Morgan fingerprint density at radius 3 is 3.00 bits per heavy atom. The van der Waals surface area contributed by atoms with E-state index in [-0.39, 0.29) is 17.6 Å². The molecule has 0 aliphatic carbocycles. The third-order valence-corrected chi connectivity index (χ3v) is 2.82. The number of rotatable bonds is 2. The minimum atomic E-state index is -0.107. The number of phenols is 1. The highest BCUT2D eigenvalue weighted by molar-refractivity contribution is 6.33. The topological polar surface area (TPSA) is 58.6 Å². The van der Waals surface area contributed by atoms with Gasteiger partial charge in [-0.25, -0.2) is 0 Å². The Labute approximate surface area is 98.2 Å². The largest absolute Gasteiger partial charge is 0.508 e. The first-order valence-corrected chi connectivity index (χ1v) is 5.42. The zero-order valence-corrected chi connectivity index (χ0v) is 9.33. The fourth-order valence-corrected chi connectivity index (χ4v) is 1.80. The highest BCUT2D eigenvalue weighted by atomic mass is 35.5. The number of carbonyl (C=O) groups excluding carboxylic acids is 1. The van der Waals surface area contributed by atoms with E-state index in [1.54, 1.807) is 6.07 Å². The number of halogens is 1. The first-order valence-electron chi connectivity index (χ1n) is 5.04. The van der Waals surface area contributed by atoms with E-state index in [1.165, 1.54) is 12.1 Å². The Balaban J connectivity index is 2.05. The van der Waals surface area contributed by atoms with Crippen molar-refractivity contribution in [2.24, 2.45) is 5.92 Å². The highest BCUT2D eigenvalue weighted by Gasteiger charge is 2.23. The summed E-state index contributed by atoms with van der Waals surface area (Å²) in [5.41, 5.74) is 0.511. The number of anilines is 1. The predicted octanol–water partition coefficient (Wildman–Crippen LogP) is 2.02. The van der Waals surface area contributed by atoms with E-state index >= 15 is 0 Å². The lowest BCUT2D eigenvalue weighted by molar-refractivity contribution is -0.119. The van der Waals surface area contributed by atoms with Crippen molar-refractivity contribution in [1.29, 1.82) is 0 Å². The maximum Gasteiger partial charge on any atom is 0.229 e. The molecule has 1 unspecified atom stereocenters. The SMILES string of the molecule is O=C(Nc1ccc(O)cc1Cl)C1CCOC1. The Bertz CT molecular complexity index is 402. The van der Waals surface area contributed by atoms with E-state index in [4.69, 9.17) is 21.4 Å². The van der Waals surface area contributed by atoms with Gasteiger partial charge in [0.25, 0.3) is 0 Å². The molecule has 5 heteroatoms. The van der Waals surface area contributed by atoms with Crippen LogP contribution in [0.3, 0.4) is 0 Å². The lowest BCUT2D eigenvalue weighted by Gasteiger charge is -2.10. The Morgan fingerprint density at radius 1 is 1.56 bits per heavy atom. The minimum absolute atomic E-state index is 0.0761. The molecule has 1 aromatic rings. The van der Waals surface area contributed by atoms with Crippen molar-refractivity contribution in [3.63, 3.8) is 0 Å². The maximum atomic E-state index is 11.7. The average molecular weight is 242 g/mol. The molecule has 1 saturated heterocycles. The third-order valence-electron chi connectivity index (χ3n) is 2.51. The first-order chi connectivity index (χ1) is 7.66. The summed E-state index contributed by atoms with van der Waals surface area (Å²) >= 11 is 5.87. The Kier molecular flexibility index (Phi) is 3.31. The third kappa shape index (κ3) is 2.46. The van der Waals surface area contributed by atoms with Gasteiger partial charge in [0.05, 0.1) is 23.2 Å². The van der Waals surface area contributed by atoms with Crippen molar-refractivity contribution in [1.82, 2.24) is 0 Å². The van der Waals surface area contributed by atoms with Crippen LogP contribution < -0.4 is 5.32 Å². The zero-order chi connectivity index (χ0) is 11.5. The van der Waals surface area contributed by atoms with Gasteiger partial charge in [0.1, 0.15) is 5.75 Å². The monoisotopic (exact) mass is 241 g/mol. The summed E-state index contributed by atoms with van der Waals surface area (Å²) in [5, 5.41) is 12.2. The van der Waals surface area contributed by atoms with Crippen molar-refractivity contribution in [3.05, 3.63) is 23.2 Å². The summed E-state index contributed by atoms with van der Waals surface area (Å²) < 4.78 is 5.13. The summed E-state index contributed by atoms with van der Waals surface area (Å²) in [7, 11) is 0. The normalized spacial score (nSPS) is 19.7. The van der Waals surface area contributed by atoms with Crippen LogP contribution >= 0.6 is 11.6 Å². The number of phenolic OH excluding ortho intramolecular Hbond substituents is 1. The maximum absolute atomic E-state index is 11.7. The van der Waals surface area contributed by atoms with Gasteiger partial charge in [-0.1, -0.05) is 11.6 Å². The molecule has 0 bridgehead atoms. The van der Waals surface area contributed by atoms with Crippen LogP contribution in [-0.2, 0) is 9.53 Å². The van der Waals surface area contributed by atoms with Gasteiger partial charge in [0.15, 0.2) is 0 Å². The summed E-state index contributed by atoms with van der Waals surface area (Å²) in [6, 6.07) is 4.44. The van der Waals surface area contributed by atoms with Crippen LogP contribution in [0.25, 0.3) is 0 Å². The van der Waals surface area contributed by atoms with Gasteiger partial charge in [-0.3, -0.25) is 4.79 Å². The molecule has 1 amide bonds. The van der Waals surface area contributed by atoms with E-state index < -0.39 is 0 Å². The molecular formula is C11H12ClNO3. The molecule has 4 nitrogen and oxygen atoms in total. The summed E-state index contributed by atoms with van der Waals surface area (Å²) in [5.74, 6) is -0.123. The number of aromatic hydroxyl groups is 1. The smallest absolute Gasteiger partial charge is 0.229 e. The first kappa shape index (κ1) is 11.2. The zero-order valence-electron chi connectivity index (χ0n) is 8.57. The summed E-state index contributed by atoms with van der Waals surface area (Å²) in [6.07, 6.45) is 0.738. The van der Waals surface area contributed by atoms with Crippen LogP contribution in [0.4, 0.5) is 5.69 Å². The van der Waals surface area contributed by atoms with Crippen LogP contribution in [-0.4, -0.2) is 24.2 Å². The van der Waals surface area contributed by atoms with Crippen LogP contribution in [0, 0.1) is 5.92 Å². The van der Waals surface area contributed by atoms with Crippen molar-refractivity contribution in [2.75, 3.05) is 18.5 Å². The molecule has 0 aromatic heterocycles. The number of amides is 1. The lowest BCUT2D eigenvalue weighted by atomic mass is 10.1. The van der Waals surface area contributed by atoms with Crippen molar-refractivity contribution in [3.8, 4) is 5.75 Å². The minimum Gasteiger partial charge on any atom is -0.508 e. The Morgan fingerprint density at radius 2 is 2.38 bits per heavy atom. The molecular weight excluding hydrogens is 230 g/mol. The van der Waals surface area contributed by atoms with Gasteiger partial charge < -0.3 is 15.2 Å². The lowest BCUT2D eigenvalue weighted by Crippen LogP contribution is -2.22. The van der Waals surface area contributed by atoms with E-state index in [1.807, 2.05) is 0 Å². The second-order valence-corrected chi connectivity index (χ2v) is 4.12. The predicted molar refractivity (Wildman–Crippen MR) is 60.7 cm³/mol. The van der Waals surface area contributed by atoms with Crippen molar-refractivity contribution >= 4 is 23.2 Å². The molecule has 1 heterocycles. The molecule has 0 spiro atoms. The molecule has 1 aromatic carbocycles. The molecule has 2 N–H and O–H groups in total. The molecule has 1 fully saturated rings. The summed E-state index contributed by atoms with van der Waals surface area (Å²) in [6.45, 7) is 1.09. The van der Waals surface area contributed by atoms with E-state index in [0.29, 0.717) is 23.9 Å². The van der Waals surface area contributed by atoms with Crippen LogP contribution in [0.15, 0.2) is 18.2 Å². The number of benzene rings is 1. The van der Waals surface area contributed by atoms with Gasteiger partial charge in [-0.05, 0) is 18.6 Å². The second kappa shape index (κ2) is 4.72. The van der Waals surface area contributed by atoms with Gasteiger partial charge in [-0.15, -0.1) is 0 Å². The standard InChI is InChI=1S/C11H12ClNO3/c12-9-5-8(14)1-2-10(9)13-11(15)7-3-4-16-6-7/h1-2,5,7,14H,3-4,6H2,(H,13,15). The number of hydrogen-bond acceptors (Lipinski definition) is 3. The number of ether oxygens (including phenoxy) is 1. The fourth-order valence-electron chi connectivity index (χ4n) is 1.58. The molecule has 0 saturated carbocycles. The number of carbonyl (C=O) groups is 1. The van der Waals surface area contributed by atoms with Crippen LogP contribution in [0.2, 0.25) is 5.02 Å². The molecule has 1 aliphatic rings. The quantitative estimate of drug-likeness (QED) is 0.779. The van der Waals surface area contributed by atoms with Gasteiger partial charge in [-0.2, -0.15) is 0 Å². The molecule has 86 valence electrons. The number of nitrogens with one attached hydrogen (secondary N) is 1. The van der Waals surface area contributed by atoms with E-state index in [9.17, 15) is 4.79 Å². The van der Waals surface area contributed by atoms with Gasteiger partial charge in [0.2, 0.25) is 5.91 Å². The van der Waals surface area contributed by atoms with Gasteiger partial charge >= 0.3 is 0 Å². The fraction of sp³-hybridized carbons (Fsp3) is 0.364. The van der Waals surface area contributed by atoms with Gasteiger partial charge in [0, 0.05) is 12.7 Å². The molecule has 2 rings (SSSR count). The van der Waals surface area contributed by atoms with Crippen molar-refractivity contribution < 1.29 is 14.6 Å². The second-order valence-electron chi connectivity index (χ2n) is 3.71. The molecule has 1 aliphatic heterocycles. The molecule has 16 heavy (non-hydrogen) atoms. The number of hydrogen-bond donors (Lipinski definition) is 2. The highest BCUT2D eigenvalue weighted by Crippen LogP contribution is 2.27. The van der Waals surface area contributed by atoms with Crippen LogP contribution in [0.5, 0.6) is 5.75 Å². The van der Waals surface area contributed by atoms with Crippen molar-refractivity contribution in [2.45, 2.75) is 6.42 Å². The average Bonchev–Trinajstić information content (AvgIpc) is 2.75. The van der Waals surface area contributed by atoms with E-state index in [0.717, 1.165) is 6.42 Å². The Hall–Kier alpha value is -1.26. The van der Waals surface area contributed by atoms with Crippen LogP contribution in [0.1, 0.15) is 6.42 Å². The summed E-state index contributed by atoms with van der Waals surface area (Å²) in [4.78, 5) is 11.7. The molecule has 0 radical (unpaired) electrons. The molecule has 1 atom stereocenters. The van der Waals surface area contributed by atoms with E-state index in [2.05, 4.69) is 5.32 Å².